The Morgan fingerprint density at radius 1 is 1.19 bits per heavy atom. The molecule has 0 radical (unpaired) electrons. The minimum absolute atomic E-state index is 0.0342. The van der Waals surface area contributed by atoms with Crippen molar-refractivity contribution >= 4 is 12.1 Å². The van der Waals surface area contributed by atoms with Crippen LogP contribution >= 0.6 is 0 Å². The van der Waals surface area contributed by atoms with E-state index in [1.165, 1.54) is 18.7 Å². The number of carbonyl (C=O) groups excluding carboxylic acids is 1. The molecule has 0 unspecified atom stereocenters. The fraction of sp³-hybridized carbons (Fsp3) is 0.240. The van der Waals surface area contributed by atoms with Gasteiger partial charge in [-0.15, -0.1) is 0 Å². The average molecular weight is 428 g/mol. The Kier molecular flexibility index (Phi) is 6.96. The molecule has 3 aromatic rings. The first-order valence-corrected chi connectivity index (χ1v) is 10.4. The summed E-state index contributed by atoms with van der Waals surface area (Å²) in [4.78, 5) is 25.5. The van der Waals surface area contributed by atoms with Crippen molar-refractivity contribution < 1.29 is 4.79 Å². The van der Waals surface area contributed by atoms with Gasteiger partial charge in [-0.1, -0.05) is 57.2 Å². The molecule has 0 fully saturated rings. The van der Waals surface area contributed by atoms with Gasteiger partial charge < -0.3 is 0 Å². The number of hydrazone groups is 1. The second-order valence-corrected chi connectivity index (χ2v) is 7.72. The van der Waals surface area contributed by atoms with E-state index >= 15 is 0 Å². The van der Waals surface area contributed by atoms with Gasteiger partial charge in [-0.25, -0.2) is 5.43 Å². The molecule has 0 atom stereocenters. The summed E-state index contributed by atoms with van der Waals surface area (Å²) in [6.07, 6.45) is 2.38. The van der Waals surface area contributed by atoms with Crippen LogP contribution in [0.25, 0.3) is 5.69 Å². The number of hydrogen-bond donors (Lipinski definition) is 1. The largest absolute Gasteiger partial charge is 0.292 e. The number of aromatic nitrogens is 2. The van der Waals surface area contributed by atoms with E-state index in [2.05, 4.69) is 29.5 Å². The molecule has 0 saturated heterocycles. The lowest BCUT2D eigenvalue weighted by molar-refractivity contribution is 0.0947. The number of rotatable bonds is 6. The molecule has 0 aliphatic carbocycles. The number of hydrogen-bond acceptors (Lipinski definition) is 5. The normalized spacial score (nSPS) is 11.0. The highest BCUT2D eigenvalue weighted by Gasteiger charge is 2.20. The van der Waals surface area contributed by atoms with Crippen molar-refractivity contribution in [2.24, 2.45) is 5.10 Å². The third kappa shape index (κ3) is 4.81. The summed E-state index contributed by atoms with van der Waals surface area (Å²) in [6, 6.07) is 17.0. The number of nitriles is 1. The first kappa shape index (κ1) is 22.6. The minimum Gasteiger partial charge on any atom is -0.266 e. The summed E-state index contributed by atoms with van der Waals surface area (Å²) in [5.41, 5.74) is 5.54. The summed E-state index contributed by atoms with van der Waals surface area (Å²) in [6.45, 7) is 7.79. The lowest BCUT2D eigenvalue weighted by atomic mass is 10.0. The molecule has 1 aromatic heterocycles. The van der Waals surface area contributed by atoms with Crippen molar-refractivity contribution in [1.82, 2.24) is 15.2 Å². The number of nitrogens with one attached hydrogen (secondary N) is 1. The molecule has 3 rings (SSSR count). The van der Waals surface area contributed by atoms with E-state index in [1.807, 2.05) is 49.4 Å². The smallest absolute Gasteiger partial charge is 0.266 e. The van der Waals surface area contributed by atoms with Gasteiger partial charge in [0.1, 0.15) is 11.6 Å². The van der Waals surface area contributed by atoms with Crippen LogP contribution in [0.1, 0.15) is 65.0 Å². The van der Waals surface area contributed by atoms with Gasteiger partial charge in [0.05, 0.1) is 11.9 Å². The fourth-order valence-electron chi connectivity index (χ4n) is 3.19. The zero-order valence-corrected chi connectivity index (χ0v) is 18.6. The van der Waals surface area contributed by atoms with Crippen LogP contribution in [0.2, 0.25) is 0 Å². The number of aryl methyl sites for hydroxylation is 1. The van der Waals surface area contributed by atoms with Gasteiger partial charge in [0.15, 0.2) is 5.69 Å². The van der Waals surface area contributed by atoms with Crippen molar-refractivity contribution in [2.75, 3.05) is 0 Å². The Labute approximate surface area is 187 Å². The molecule has 7 nitrogen and oxygen atoms in total. The van der Waals surface area contributed by atoms with Gasteiger partial charge in [0, 0.05) is 5.56 Å². The van der Waals surface area contributed by atoms with Crippen LogP contribution in [0, 0.1) is 18.3 Å². The van der Waals surface area contributed by atoms with Gasteiger partial charge in [0.25, 0.3) is 11.5 Å². The van der Waals surface area contributed by atoms with E-state index in [-0.39, 0.29) is 16.8 Å². The van der Waals surface area contributed by atoms with Crippen molar-refractivity contribution in [2.45, 2.75) is 40.0 Å². The molecule has 1 amide bonds. The lowest BCUT2D eigenvalue weighted by Crippen LogP contribution is -2.31. The molecule has 0 aliphatic rings. The Morgan fingerprint density at radius 3 is 2.41 bits per heavy atom. The Balaban J connectivity index is 1.89. The minimum atomic E-state index is -0.604. The quantitative estimate of drug-likeness (QED) is 0.477. The molecule has 162 valence electrons. The van der Waals surface area contributed by atoms with Crippen molar-refractivity contribution in [1.29, 1.82) is 5.26 Å². The van der Waals surface area contributed by atoms with Crippen LogP contribution in [0.5, 0.6) is 0 Å². The molecular weight excluding hydrogens is 402 g/mol. The van der Waals surface area contributed by atoms with Crippen LogP contribution in [-0.2, 0) is 6.42 Å². The third-order valence-corrected chi connectivity index (χ3v) is 5.24. The van der Waals surface area contributed by atoms with Gasteiger partial charge in [-0.05, 0) is 48.1 Å². The Bertz CT molecular complexity index is 1250. The number of amides is 1. The molecule has 0 aliphatic heterocycles. The summed E-state index contributed by atoms with van der Waals surface area (Å²) >= 11 is 0. The highest BCUT2D eigenvalue weighted by Crippen LogP contribution is 2.14. The molecule has 0 spiro atoms. The summed E-state index contributed by atoms with van der Waals surface area (Å²) in [5, 5.41) is 17.7. The summed E-state index contributed by atoms with van der Waals surface area (Å²) in [5.74, 6) is -0.175. The van der Waals surface area contributed by atoms with Crippen LogP contribution in [0.15, 0.2) is 58.4 Å². The maximum Gasteiger partial charge on any atom is 0.292 e. The Morgan fingerprint density at radius 2 is 1.84 bits per heavy atom. The first-order chi connectivity index (χ1) is 15.3. The second-order valence-electron chi connectivity index (χ2n) is 7.72. The van der Waals surface area contributed by atoms with E-state index in [1.54, 1.807) is 12.1 Å². The van der Waals surface area contributed by atoms with Gasteiger partial charge in [-0.3, -0.25) is 9.59 Å². The molecule has 0 bridgehead atoms. The SMILES string of the molecule is CCc1ccc(-n2nc(C(=O)N/N=C/c3ccc(C(C)C)cc3)c(C)c(C#N)c2=O)cc1. The van der Waals surface area contributed by atoms with Crippen molar-refractivity contribution in [3.63, 3.8) is 0 Å². The molecule has 0 saturated carbocycles. The van der Waals surface area contributed by atoms with E-state index in [0.717, 1.165) is 22.2 Å². The fourth-order valence-corrected chi connectivity index (χ4v) is 3.19. The van der Waals surface area contributed by atoms with Gasteiger partial charge in [-0.2, -0.15) is 20.1 Å². The van der Waals surface area contributed by atoms with E-state index in [9.17, 15) is 14.9 Å². The van der Waals surface area contributed by atoms with Crippen LogP contribution < -0.4 is 11.0 Å². The van der Waals surface area contributed by atoms with Crippen LogP contribution in [0.4, 0.5) is 0 Å². The van der Waals surface area contributed by atoms with Crippen LogP contribution in [-0.4, -0.2) is 21.9 Å². The number of benzene rings is 2. The molecule has 32 heavy (non-hydrogen) atoms. The van der Waals surface area contributed by atoms with E-state index in [0.29, 0.717) is 11.6 Å². The molecule has 2 aromatic carbocycles. The highest BCUT2D eigenvalue weighted by atomic mass is 16.2. The standard InChI is InChI=1S/C25H25N5O2/c1-5-18-8-12-21(13-9-18)30-25(32)22(14-26)17(4)23(29-30)24(31)28-27-15-19-6-10-20(11-7-19)16(2)3/h6-13,15-16H,5H2,1-4H3,(H,28,31)/b27-15+. The zero-order valence-electron chi connectivity index (χ0n) is 18.6. The van der Waals surface area contributed by atoms with Crippen molar-refractivity contribution in [3.05, 3.63) is 92.4 Å². The second kappa shape index (κ2) is 9.84. The van der Waals surface area contributed by atoms with Gasteiger partial charge >= 0.3 is 0 Å². The van der Waals surface area contributed by atoms with E-state index < -0.39 is 11.5 Å². The maximum absolute atomic E-state index is 12.8. The average Bonchev–Trinajstić information content (AvgIpc) is 2.80. The molecule has 1 N–H and O–H groups in total. The molecule has 1 heterocycles. The topological polar surface area (TPSA) is 100 Å². The van der Waals surface area contributed by atoms with E-state index in [4.69, 9.17) is 0 Å². The van der Waals surface area contributed by atoms with Crippen molar-refractivity contribution in [3.8, 4) is 11.8 Å². The molecule has 7 heteroatoms. The van der Waals surface area contributed by atoms with Gasteiger partial charge in [0.2, 0.25) is 0 Å². The predicted octanol–water partition coefficient (Wildman–Crippen LogP) is 3.86. The number of nitrogens with zero attached hydrogens (tertiary/aromatic N) is 4. The monoisotopic (exact) mass is 427 g/mol. The van der Waals surface area contributed by atoms with Crippen LogP contribution in [0.3, 0.4) is 0 Å². The highest BCUT2D eigenvalue weighted by molar-refractivity contribution is 5.94. The lowest BCUT2D eigenvalue weighted by Gasteiger charge is -2.11. The maximum atomic E-state index is 12.8. The predicted molar refractivity (Wildman–Crippen MR) is 124 cm³/mol. The first-order valence-electron chi connectivity index (χ1n) is 10.4. The zero-order chi connectivity index (χ0) is 23.3. The summed E-state index contributed by atoms with van der Waals surface area (Å²) < 4.78 is 1.08. The number of carbonyl (C=O) groups is 1. The third-order valence-electron chi connectivity index (χ3n) is 5.24. The summed E-state index contributed by atoms with van der Waals surface area (Å²) in [7, 11) is 0. The molecular formula is C25H25N5O2. The Hall–Kier alpha value is -4.05.